The van der Waals surface area contributed by atoms with E-state index in [0.717, 1.165) is 5.88 Å². The molecule has 0 fully saturated rings. The second kappa shape index (κ2) is 3.63. The third-order valence-electron chi connectivity index (χ3n) is 1.19. The molecule has 3 nitrogen and oxygen atoms in total. The van der Waals surface area contributed by atoms with E-state index in [1.54, 1.807) is 18.0 Å². The summed E-state index contributed by atoms with van der Waals surface area (Å²) in [6.07, 6.45) is 3.67. The van der Waals surface area contributed by atoms with Crippen molar-refractivity contribution in [3.8, 4) is 0 Å². The Bertz CT molecular complexity index is 149. The standard InChI is InChI=1S/C6H9N2OS/c7-6(4-9)3-8-1-2-10-5-8/h1-2,6H,3,5,7H2. The minimum Gasteiger partial charge on any atom is -0.365 e. The van der Waals surface area contributed by atoms with E-state index < -0.39 is 6.04 Å². The minimum absolute atomic E-state index is 0.469. The van der Waals surface area contributed by atoms with Crippen molar-refractivity contribution < 1.29 is 4.79 Å². The Morgan fingerprint density at radius 1 is 1.90 bits per heavy atom. The zero-order valence-electron chi connectivity index (χ0n) is 5.49. The number of carbonyl (C=O) groups excluding carboxylic acids is 1. The van der Waals surface area contributed by atoms with Crippen molar-refractivity contribution >= 4 is 18.0 Å². The van der Waals surface area contributed by atoms with E-state index in [9.17, 15) is 4.79 Å². The second-order valence-electron chi connectivity index (χ2n) is 2.08. The third-order valence-corrected chi connectivity index (χ3v) is 1.99. The smallest absolute Gasteiger partial charge is 0.218 e. The van der Waals surface area contributed by atoms with Crippen LogP contribution in [-0.2, 0) is 4.79 Å². The first-order chi connectivity index (χ1) is 4.83. The lowest BCUT2D eigenvalue weighted by atomic mass is 10.3. The van der Waals surface area contributed by atoms with Crippen LogP contribution in [0.1, 0.15) is 0 Å². The van der Waals surface area contributed by atoms with E-state index >= 15 is 0 Å². The fourth-order valence-corrected chi connectivity index (χ4v) is 1.44. The summed E-state index contributed by atoms with van der Waals surface area (Å²) >= 11 is 1.69. The van der Waals surface area contributed by atoms with Crippen LogP contribution in [0.4, 0.5) is 0 Å². The van der Waals surface area contributed by atoms with Gasteiger partial charge in [0.1, 0.15) is 0 Å². The molecule has 1 aliphatic heterocycles. The molecule has 55 valence electrons. The highest BCUT2D eigenvalue weighted by atomic mass is 32.2. The zero-order chi connectivity index (χ0) is 7.40. The van der Waals surface area contributed by atoms with Gasteiger partial charge in [-0.15, -0.1) is 11.8 Å². The Balaban J connectivity index is 2.24. The molecule has 0 bridgehead atoms. The third kappa shape index (κ3) is 2.04. The van der Waals surface area contributed by atoms with Crippen LogP contribution < -0.4 is 5.73 Å². The zero-order valence-corrected chi connectivity index (χ0v) is 6.30. The Kier molecular flexibility index (Phi) is 2.77. The Morgan fingerprint density at radius 3 is 3.20 bits per heavy atom. The largest absolute Gasteiger partial charge is 0.365 e. The average molecular weight is 157 g/mol. The molecular weight excluding hydrogens is 148 g/mol. The first-order valence-corrected chi connectivity index (χ1v) is 4.03. The second-order valence-corrected chi connectivity index (χ2v) is 2.94. The topological polar surface area (TPSA) is 46.3 Å². The lowest BCUT2D eigenvalue weighted by molar-refractivity contribution is 0.426. The van der Waals surface area contributed by atoms with Crippen LogP contribution in [0.15, 0.2) is 11.6 Å². The fraction of sp³-hybridized carbons (Fsp3) is 0.500. The fourth-order valence-electron chi connectivity index (χ4n) is 0.714. The van der Waals surface area contributed by atoms with Crippen LogP contribution >= 0.6 is 11.8 Å². The molecule has 10 heavy (non-hydrogen) atoms. The number of nitrogens with zero attached hydrogens (tertiary/aromatic N) is 1. The van der Waals surface area contributed by atoms with Crippen molar-refractivity contribution in [3.63, 3.8) is 0 Å². The van der Waals surface area contributed by atoms with Gasteiger partial charge in [0.05, 0.1) is 11.9 Å². The Labute approximate surface area is 64.3 Å². The molecule has 1 aliphatic rings. The molecule has 0 saturated carbocycles. The molecule has 1 rings (SSSR count). The maximum atomic E-state index is 9.99. The highest BCUT2D eigenvalue weighted by Gasteiger charge is 2.08. The summed E-state index contributed by atoms with van der Waals surface area (Å²) in [5, 5.41) is 1.98. The molecule has 0 saturated heterocycles. The van der Waals surface area contributed by atoms with Crippen LogP contribution in [0.2, 0.25) is 0 Å². The van der Waals surface area contributed by atoms with Crippen LogP contribution in [0.5, 0.6) is 0 Å². The van der Waals surface area contributed by atoms with Crippen LogP contribution in [0.3, 0.4) is 0 Å². The lowest BCUT2D eigenvalue weighted by Gasteiger charge is -2.15. The number of nitrogens with two attached hydrogens (primary N) is 1. The summed E-state index contributed by atoms with van der Waals surface area (Å²) in [4.78, 5) is 12.0. The molecular formula is C6H9N2OS. The number of rotatable bonds is 3. The summed E-state index contributed by atoms with van der Waals surface area (Å²) < 4.78 is 0. The van der Waals surface area contributed by atoms with E-state index in [1.165, 1.54) is 0 Å². The molecule has 0 aliphatic carbocycles. The van der Waals surface area contributed by atoms with Gasteiger partial charge < -0.3 is 10.6 Å². The van der Waals surface area contributed by atoms with Gasteiger partial charge in [-0.25, -0.2) is 0 Å². The van der Waals surface area contributed by atoms with Gasteiger partial charge in [-0.3, -0.25) is 4.79 Å². The van der Waals surface area contributed by atoms with Gasteiger partial charge in [0.2, 0.25) is 6.29 Å². The maximum absolute atomic E-state index is 9.99. The van der Waals surface area contributed by atoms with E-state index in [1.807, 2.05) is 16.5 Å². The van der Waals surface area contributed by atoms with Gasteiger partial charge in [0, 0.05) is 12.7 Å². The molecule has 1 atom stereocenters. The van der Waals surface area contributed by atoms with Crippen molar-refractivity contribution in [2.24, 2.45) is 5.73 Å². The summed E-state index contributed by atoms with van der Waals surface area (Å²) in [5.74, 6) is 0.898. The van der Waals surface area contributed by atoms with E-state index in [0.29, 0.717) is 6.54 Å². The first-order valence-electron chi connectivity index (χ1n) is 2.98. The highest BCUT2D eigenvalue weighted by molar-refractivity contribution is 8.02. The number of thioether (sulfide) groups is 1. The van der Waals surface area contributed by atoms with Gasteiger partial charge in [-0.2, -0.15) is 0 Å². The molecule has 0 amide bonds. The summed E-state index contributed by atoms with van der Waals surface area (Å²) in [5.41, 5.74) is 5.34. The normalized spacial score (nSPS) is 19.5. The molecule has 1 radical (unpaired) electrons. The van der Waals surface area contributed by atoms with Crippen molar-refractivity contribution in [3.05, 3.63) is 11.6 Å². The lowest BCUT2D eigenvalue weighted by Crippen LogP contribution is -2.34. The Morgan fingerprint density at radius 2 is 2.70 bits per heavy atom. The van der Waals surface area contributed by atoms with E-state index in [2.05, 4.69) is 0 Å². The van der Waals surface area contributed by atoms with Crippen molar-refractivity contribution in [1.29, 1.82) is 0 Å². The van der Waals surface area contributed by atoms with Crippen LogP contribution in [0, 0.1) is 0 Å². The van der Waals surface area contributed by atoms with Gasteiger partial charge in [0.25, 0.3) is 0 Å². The predicted molar refractivity (Wildman–Crippen MR) is 42.0 cm³/mol. The quantitative estimate of drug-likeness (QED) is 0.621. The predicted octanol–water partition coefficient (Wildman–Crippen LogP) is -0.0991. The average Bonchev–Trinajstić information content (AvgIpc) is 2.40. The summed E-state index contributed by atoms with van der Waals surface area (Å²) in [7, 11) is 0. The van der Waals surface area contributed by atoms with Crippen molar-refractivity contribution in [2.45, 2.75) is 6.04 Å². The van der Waals surface area contributed by atoms with Gasteiger partial charge >= 0.3 is 0 Å². The maximum Gasteiger partial charge on any atom is 0.218 e. The van der Waals surface area contributed by atoms with Crippen LogP contribution in [0.25, 0.3) is 0 Å². The summed E-state index contributed by atoms with van der Waals surface area (Å²) in [6, 6.07) is -0.469. The van der Waals surface area contributed by atoms with E-state index in [4.69, 9.17) is 5.73 Å². The highest BCUT2D eigenvalue weighted by Crippen LogP contribution is 2.14. The molecule has 2 N–H and O–H groups in total. The van der Waals surface area contributed by atoms with Gasteiger partial charge in [-0.1, -0.05) is 0 Å². The summed E-state index contributed by atoms with van der Waals surface area (Å²) in [6.45, 7) is 0.576. The van der Waals surface area contributed by atoms with Gasteiger partial charge in [-0.05, 0) is 5.41 Å². The molecule has 1 unspecified atom stereocenters. The molecule has 1 heterocycles. The SMILES string of the molecule is NC([C]=O)CN1C=CSC1. The monoisotopic (exact) mass is 157 g/mol. The molecule has 0 aromatic carbocycles. The molecule has 0 aromatic rings. The van der Waals surface area contributed by atoms with Crippen LogP contribution in [-0.4, -0.2) is 29.6 Å². The van der Waals surface area contributed by atoms with E-state index in [-0.39, 0.29) is 0 Å². The minimum atomic E-state index is -0.469. The van der Waals surface area contributed by atoms with Crippen molar-refractivity contribution in [1.82, 2.24) is 4.90 Å². The number of hydrogen-bond donors (Lipinski definition) is 1. The first kappa shape index (κ1) is 7.63. The molecule has 0 aromatic heterocycles. The number of hydrogen-bond acceptors (Lipinski definition) is 4. The Hall–Kier alpha value is -0.480. The molecule has 4 heteroatoms. The van der Waals surface area contributed by atoms with Gasteiger partial charge in [0.15, 0.2) is 0 Å². The van der Waals surface area contributed by atoms with Crippen molar-refractivity contribution in [2.75, 3.05) is 12.4 Å². The molecule has 0 spiro atoms.